The first-order chi connectivity index (χ1) is 14.3. The van der Waals surface area contributed by atoms with Crippen molar-refractivity contribution in [2.45, 2.75) is 16.2 Å². The highest BCUT2D eigenvalue weighted by Crippen LogP contribution is 2.27. The summed E-state index contributed by atoms with van der Waals surface area (Å²) in [6, 6.07) is 7.61. The second-order valence-corrected chi connectivity index (χ2v) is 9.75. The number of nitrogens with zero attached hydrogens (tertiary/aromatic N) is 1. The zero-order chi connectivity index (χ0) is 23.4. The van der Waals surface area contributed by atoms with Crippen molar-refractivity contribution in [2.75, 3.05) is 18.2 Å². The fourth-order valence-corrected chi connectivity index (χ4v) is 4.32. The molecule has 0 spiro atoms. The standard InChI is InChI=1S/C17H17N3O9S2/c1-29-16(21)8-9-30(25,26)15-7-2-11(10-14(15)20(23)24)17(22)19-12-3-5-13(6-4-12)31(18,27)28/h2-7,10H,8-9H2,1H3,(H,19,22)(H2,18,27,28). The highest BCUT2D eigenvalue weighted by Gasteiger charge is 2.28. The molecule has 0 saturated heterocycles. The van der Waals surface area contributed by atoms with Gasteiger partial charge in [-0.2, -0.15) is 0 Å². The number of nitro groups is 1. The number of nitrogens with two attached hydrogens (primary N) is 1. The van der Waals surface area contributed by atoms with Crippen LogP contribution in [0.3, 0.4) is 0 Å². The van der Waals surface area contributed by atoms with E-state index >= 15 is 0 Å². The smallest absolute Gasteiger partial charge is 0.306 e. The van der Waals surface area contributed by atoms with Gasteiger partial charge in [-0.25, -0.2) is 22.0 Å². The van der Waals surface area contributed by atoms with Gasteiger partial charge in [-0.05, 0) is 36.4 Å². The first-order valence-corrected chi connectivity index (χ1v) is 11.6. The molecule has 0 fully saturated rings. The fraction of sp³-hybridized carbons (Fsp3) is 0.176. The summed E-state index contributed by atoms with van der Waals surface area (Å²) in [5.41, 5.74) is -0.869. The molecule has 31 heavy (non-hydrogen) atoms. The van der Waals surface area contributed by atoms with Gasteiger partial charge in [-0.15, -0.1) is 0 Å². The van der Waals surface area contributed by atoms with Crippen LogP contribution in [0.4, 0.5) is 11.4 Å². The Balaban J connectivity index is 2.30. The summed E-state index contributed by atoms with van der Waals surface area (Å²) in [6.45, 7) is 0. The molecule has 0 aromatic heterocycles. The summed E-state index contributed by atoms with van der Waals surface area (Å²) >= 11 is 0. The third kappa shape index (κ3) is 6.07. The zero-order valence-electron chi connectivity index (χ0n) is 16.0. The number of hydrogen-bond donors (Lipinski definition) is 2. The van der Waals surface area contributed by atoms with E-state index in [0.29, 0.717) is 0 Å². The Bertz CT molecular complexity index is 1240. The van der Waals surface area contributed by atoms with Crippen LogP contribution in [-0.4, -0.2) is 46.5 Å². The first kappa shape index (κ1) is 23.9. The van der Waals surface area contributed by atoms with E-state index in [-0.39, 0.29) is 16.1 Å². The molecule has 0 heterocycles. The van der Waals surface area contributed by atoms with E-state index in [2.05, 4.69) is 10.1 Å². The second-order valence-electron chi connectivity index (χ2n) is 6.11. The molecule has 0 aliphatic heterocycles. The molecule has 0 bridgehead atoms. The van der Waals surface area contributed by atoms with Crippen LogP contribution < -0.4 is 10.5 Å². The molecule has 0 radical (unpaired) electrons. The average Bonchev–Trinajstić information content (AvgIpc) is 2.71. The topological polar surface area (TPSA) is 193 Å². The number of anilines is 1. The summed E-state index contributed by atoms with van der Waals surface area (Å²) in [5, 5.41) is 18.8. The minimum Gasteiger partial charge on any atom is -0.469 e. The van der Waals surface area contributed by atoms with Crippen LogP contribution >= 0.6 is 0 Å². The van der Waals surface area contributed by atoms with Crippen molar-refractivity contribution >= 4 is 43.1 Å². The normalized spacial score (nSPS) is 11.5. The number of amides is 1. The van der Waals surface area contributed by atoms with Crippen LogP contribution in [0.2, 0.25) is 0 Å². The van der Waals surface area contributed by atoms with Crippen molar-refractivity contribution in [3.05, 3.63) is 58.1 Å². The lowest BCUT2D eigenvalue weighted by Gasteiger charge is -2.09. The molecule has 14 heteroatoms. The van der Waals surface area contributed by atoms with Gasteiger partial charge in [-0.1, -0.05) is 0 Å². The maximum atomic E-state index is 12.4. The largest absolute Gasteiger partial charge is 0.469 e. The molecular formula is C17H17N3O9S2. The second kappa shape index (κ2) is 9.20. The van der Waals surface area contributed by atoms with Crippen molar-refractivity contribution in [2.24, 2.45) is 5.14 Å². The maximum Gasteiger partial charge on any atom is 0.306 e. The number of nitro benzene ring substituents is 1. The van der Waals surface area contributed by atoms with Gasteiger partial charge in [0, 0.05) is 17.3 Å². The molecule has 0 aliphatic rings. The van der Waals surface area contributed by atoms with Crippen LogP contribution in [0, 0.1) is 10.1 Å². The van der Waals surface area contributed by atoms with Crippen molar-refractivity contribution in [1.29, 1.82) is 0 Å². The van der Waals surface area contributed by atoms with Gasteiger partial charge in [0.25, 0.3) is 11.6 Å². The van der Waals surface area contributed by atoms with Gasteiger partial charge >= 0.3 is 5.97 Å². The zero-order valence-corrected chi connectivity index (χ0v) is 17.6. The van der Waals surface area contributed by atoms with E-state index in [1.54, 1.807) is 0 Å². The number of hydrogen-bond acceptors (Lipinski definition) is 9. The Labute approximate surface area is 177 Å². The predicted octanol–water partition coefficient (Wildman–Crippen LogP) is 0.831. The monoisotopic (exact) mass is 471 g/mol. The predicted molar refractivity (Wildman–Crippen MR) is 108 cm³/mol. The molecule has 0 saturated carbocycles. The highest BCUT2D eigenvalue weighted by atomic mass is 32.2. The quantitative estimate of drug-likeness (QED) is 0.318. The van der Waals surface area contributed by atoms with Crippen molar-refractivity contribution in [3.63, 3.8) is 0 Å². The molecule has 0 unspecified atom stereocenters. The summed E-state index contributed by atoms with van der Waals surface area (Å²) in [7, 11) is -7.05. The number of methoxy groups -OCH3 is 1. The Hall–Kier alpha value is -3.36. The van der Waals surface area contributed by atoms with E-state index in [9.17, 15) is 36.5 Å². The lowest BCUT2D eigenvalue weighted by molar-refractivity contribution is -0.387. The molecule has 0 atom stereocenters. The third-order valence-electron chi connectivity index (χ3n) is 4.00. The number of carbonyl (C=O) groups excluding carboxylic acids is 2. The first-order valence-electron chi connectivity index (χ1n) is 8.37. The van der Waals surface area contributed by atoms with Gasteiger partial charge in [0.15, 0.2) is 9.84 Å². The molecule has 0 aliphatic carbocycles. The Morgan fingerprint density at radius 3 is 2.23 bits per heavy atom. The molecule has 12 nitrogen and oxygen atoms in total. The molecule has 1 amide bonds. The van der Waals surface area contributed by atoms with Crippen LogP contribution in [-0.2, 0) is 29.4 Å². The molecule has 2 aromatic carbocycles. The van der Waals surface area contributed by atoms with E-state index in [4.69, 9.17) is 5.14 Å². The van der Waals surface area contributed by atoms with Gasteiger partial charge in [0.05, 0.1) is 29.1 Å². The molecular weight excluding hydrogens is 454 g/mol. The third-order valence-corrected chi connectivity index (χ3v) is 6.68. The van der Waals surface area contributed by atoms with E-state index in [0.717, 1.165) is 37.4 Å². The van der Waals surface area contributed by atoms with Crippen molar-refractivity contribution in [1.82, 2.24) is 0 Å². The highest BCUT2D eigenvalue weighted by molar-refractivity contribution is 7.91. The number of benzene rings is 2. The fourth-order valence-electron chi connectivity index (χ4n) is 2.43. The minimum atomic E-state index is -4.20. The van der Waals surface area contributed by atoms with Crippen LogP contribution in [0.1, 0.15) is 16.8 Å². The SMILES string of the molecule is COC(=O)CCS(=O)(=O)c1ccc(C(=O)Nc2ccc(S(N)(=O)=O)cc2)cc1[N+](=O)[O-]. The number of carbonyl (C=O) groups is 2. The van der Waals surface area contributed by atoms with Crippen LogP contribution in [0.25, 0.3) is 0 Å². The Morgan fingerprint density at radius 1 is 1.10 bits per heavy atom. The average molecular weight is 471 g/mol. The number of nitrogens with one attached hydrogen (secondary N) is 1. The van der Waals surface area contributed by atoms with Gasteiger partial charge in [0.1, 0.15) is 4.90 Å². The molecule has 2 aromatic rings. The maximum absolute atomic E-state index is 12.4. The van der Waals surface area contributed by atoms with Gasteiger partial charge in [0.2, 0.25) is 10.0 Å². The van der Waals surface area contributed by atoms with Crippen molar-refractivity contribution in [3.8, 4) is 0 Å². The van der Waals surface area contributed by atoms with Gasteiger partial charge in [-0.3, -0.25) is 19.7 Å². The minimum absolute atomic E-state index is 0.176. The number of ether oxygens (including phenoxy) is 1. The lowest BCUT2D eigenvalue weighted by Crippen LogP contribution is -2.16. The Kier molecular flexibility index (Phi) is 7.09. The van der Waals surface area contributed by atoms with E-state index in [1.165, 1.54) is 12.1 Å². The molecule has 3 N–H and O–H groups in total. The number of rotatable bonds is 8. The summed E-state index contributed by atoms with van der Waals surface area (Å²) in [6.07, 6.45) is -0.493. The van der Waals surface area contributed by atoms with Crippen LogP contribution in [0.5, 0.6) is 0 Å². The van der Waals surface area contributed by atoms with E-state index < -0.39 is 59.4 Å². The number of sulfonamides is 1. The lowest BCUT2D eigenvalue weighted by atomic mass is 10.2. The van der Waals surface area contributed by atoms with Crippen LogP contribution in [0.15, 0.2) is 52.3 Å². The van der Waals surface area contributed by atoms with E-state index in [1.807, 2.05) is 0 Å². The summed E-state index contributed by atoms with van der Waals surface area (Å²) < 4.78 is 51.7. The van der Waals surface area contributed by atoms with Crippen molar-refractivity contribution < 1.29 is 36.1 Å². The summed E-state index contributed by atoms with van der Waals surface area (Å²) in [4.78, 5) is 33.2. The summed E-state index contributed by atoms with van der Waals surface area (Å²) in [5.74, 6) is -2.30. The molecule has 166 valence electrons. The number of sulfone groups is 1. The number of primary sulfonamides is 1. The van der Waals surface area contributed by atoms with Gasteiger partial charge < -0.3 is 10.1 Å². The molecule has 2 rings (SSSR count). The number of esters is 1. The Morgan fingerprint density at radius 2 is 1.71 bits per heavy atom.